The van der Waals surface area contributed by atoms with Crippen LogP contribution in [0.5, 0.6) is 0 Å². The van der Waals surface area contributed by atoms with Crippen molar-refractivity contribution < 1.29 is 0 Å². The smallest absolute Gasteiger partial charge is 0.178 e. The number of hydrogen-bond donors (Lipinski definition) is 1. The summed E-state index contributed by atoms with van der Waals surface area (Å²) in [5.41, 5.74) is 2.23. The first-order chi connectivity index (χ1) is 9.19. The minimum absolute atomic E-state index is 0.533. The molecule has 1 N–H and O–H groups in total. The van der Waals surface area contributed by atoms with Gasteiger partial charge in [0, 0.05) is 16.3 Å². The molecule has 0 radical (unpaired) electrons. The first-order valence-electron chi connectivity index (χ1n) is 6.61. The van der Waals surface area contributed by atoms with Crippen molar-refractivity contribution in [3.63, 3.8) is 0 Å². The predicted molar refractivity (Wildman–Crippen MR) is 86.9 cm³/mol. The first kappa shape index (κ1) is 13.5. The van der Waals surface area contributed by atoms with E-state index >= 15 is 0 Å². The number of benzene rings is 1. The molecule has 1 aliphatic rings. The van der Waals surface area contributed by atoms with E-state index < -0.39 is 0 Å². The van der Waals surface area contributed by atoms with Crippen LogP contribution in [-0.4, -0.2) is 21.1 Å². The Hall–Kier alpha value is -0.450. The summed E-state index contributed by atoms with van der Waals surface area (Å²) >= 11 is 13.5. The van der Waals surface area contributed by atoms with Crippen molar-refractivity contribution >= 4 is 46.6 Å². The van der Waals surface area contributed by atoms with Gasteiger partial charge in [-0.05, 0) is 62.4 Å². The molecule has 1 aromatic carbocycles. The fourth-order valence-corrected chi connectivity index (χ4v) is 4.28. The highest BCUT2D eigenvalue weighted by Gasteiger charge is 2.23. The van der Waals surface area contributed by atoms with Gasteiger partial charge in [-0.15, -0.1) is 0 Å². The molecule has 2 nitrogen and oxygen atoms in total. The van der Waals surface area contributed by atoms with E-state index in [4.69, 9.17) is 23.8 Å². The molecule has 102 valence electrons. The average Bonchev–Trinajstić information content (AvgIpc) is 2.74. The third-order valence-corrected chi connectivity index (χ3v) is 5.69. The summed E-state index contributed by atoms with van der Waals surface area (Å²) in [6.07, 6.45) is 7.22. The molecular formula is C14H17ClN2S2. The van der Waals surface area contributed by atoms with Gasteiger partial charge < -0.3 is 9.55 Å². The highest BCUT2D eigenvalue weighted by atomic mass is 35.5. The number of nitrogens with one attached hydrogen (secondary N) is 1. The highest BCUT2D eigenvalue weighted by molar-refractivity contribution is 7.99. The summed E-state index contributed by atoms with van der Waals surface area (Å²) in [7, 11) is 0. The summed E-state index contributed by atoms with van der Waals surface area (Å²) in [6.45, 7) is 0. The summed E-state index contributed by atoms with van der Waals surface area (Å²) < 4.78 is 3.11. The largest absolute Gasteiger partial charge is 0.331 e. The summed E-state index contributed by atoms with van der Waals surface area (Å²) in [6, 6.07) is 6.50. The standard InChI is InChI=1S/C14H17ClN2S2/c1-19-11-5-3-10(4-6-11)17-13-7-2-9(15)8-12(13)16-14(17)18/h2,7-8,10-11H,3-6H2,1H3,(H,16,18). The Balaban J connectivity index is 1.97. The van der Waals surface area contributed by atoms with E-state index in [1.54, 1.807) is 0 Å². The zero-order valence-corrected chi connectivity index (χ0v) is 13.2. The molecule has 0 bridgehead atoms. The van der Waals surface area contributed by atoms with Gasteiger partial charge >= 0.3 is 0 Å². The van der Waals surface area contributed by atoms with Crippen molar-refractivity contribution in [1.29, 1.82) is 0 Å². The molecule has 0 spiro atoms. The van der Waals surface area contributed by atoms with E-state index in [-0.39, 0.29) is 0 Å². The molecule has 0 amide bonds. The molecule has 0 atom stereocenters. The first-order valence-corrected chi connectivity index (χ1v) is 8.69. The number of hydrogen-bond acceptors (Lipinski definition) is 2. The lowest BCUT2D eigenvalue weighted by Crippen LogP contribution is -2.19. The van der Waals surface area contributed by atoms with Crippen LogP contribution in [0.3, 0.4) is 0 Å². The number of H-pyrrole nitrogens is 1. The molecule has 1 heterocycles. The van der Waals surface area contributed by atoms with Crippen molar-refractivity contribution in [3.05, 3.63) is 28.0 Å². The van der Waals surface area contributed by atoms with Crippen molar-refractivity contribution in [3.8, 4) is 0 Å². The SMILES string of the molecule is CSC1CCC(n2c(=S)[nH]c3cc(Cl)ccc32)CC1. The normalized spacial score (nSPS) is 23.9. The van der Waals surface area contributed by atoms with Gasteiger partial charge in [-0.3, -0.25) is 0 Å². The monoisotopic (exact) mass is 312 g/mol. The van der Waals surface area contributed by atoms with E-state index in [1.165, 1.54) is 31.2 Å². The maximum atomic E-state index is 6.04. The third kappa shape index (κ3) is 2.58. The van der Waals surface area contributed by atoms with Gasteiger partial charge in [0.25, 0.3) is 0 Å². The van der Waals surface area contributed by atoms with E-state index in [0.29, 0.717) is 6.04 Å². The van der Waals surface area contributed by atoms with Gasteiger partial charge in [-0.1, -0.05) is 11.6 Å². The molecule has 1 fully saturated rings. The molecule has 1 aromatic heterocycles. The van der Waals surface area contributed by atoms with Crippen molar-refractivity contribution in [2.24, 2.45) is 0 Å². The zero-order valence-electron chi connectivity index (χ0n) is 10.9. The second-order valence-electron chi connectivity index (χ2n) is 5.13. The van der Waals surface area contributed by atoms with Crippen molar-refractivity contribution in [2.75, 3.05) is 6.26 Å². The van der Waals surface area contributed by atoms with Gasteiger partial charge in [0.2, 0.25) is 0 Å². The number of thioether (sulfide) groups is 1. The van der Waals surface area contributed by atoms with Crippen LogP contribution in [0.25, 0.3) is 11.0 Å². The van der Waals surface area contributed by atoms with Crippen LogP contribution in [-0.2, 0) is 0 Å². The lowest BCUT2D eigenvalue weighted by atomic mass is 9.94. The predicted octanol–water partition coefficient (Wildman–Crippen LogP) is 5.20. The maximum Gasteiger partial charge on any atom is 0.178 e. The van der Waals surface area contributed by atoms with Crippen LogP contribution >= 0.6 is 35.6 Å². The lowest BCUT2D eigenvalue weighted by Gasteiger charge is -2.28. The van der Waals surface area contributed by atoms with Gasteiger partial charge in [0.15, 0.2) is 4.77 Å². The molecule has 3 rings (SSSR count). The van der Waals surface area contributed by atoms with Crippen LogP contribution in [0, 0.1) is 4.77 Å². The van der Waals surface area contributed by atoms with Crippen LogP contribution in [0.15, 0.2) is 18.2 Å². The maximum absolute atomic E-state index is 6.04. The molecular weight excluding hydrogens is 296 g/mol. The number of nitrogens with zero attached hydrogens (tertiary/aromatic N) is 1. The average molecular weight is 313 g/mol. The van der Waals surface area contributed by atoms with Crippen LogP contribution < -0.4 is 0 Å². The number of fused-ring (bicyclic) bond motifs is 1. The molecule has 19 heavy (non-hydrogen) atoms. The zero-order chi connectivity index (χ0) is 13.4. The van der Waals surface area contributed by atoms with Gasteiger partial charge in [-0.25, -0.2) is 0 Å². The third-order valence-electron chi connectivity index (χ3n) is 4.02. The number of aromatic nitrogens is 2. The van der Waals surface area contributed by atoms with Crippen LogP contribution in [0.1, 0.15) is 31.7 Å². The molecule has 2 aromatic rings. The van der Waals surface area contributed by atoms with Crippen LogP contribution in [0.4, 0.5) is 0 Å². The Morgan fingerprint density at radius 2 is 2.05 bits per heavy atom. The Kier molecular flexibility index (Phi) is 3.92. The molecule has 1 aliphatic carbocycles. The van der Waals surface area contributed by atoms with E-state index in [1.807, 2.05) is 23.9 Å². The minimum Gasteiger partial charge on any atom is -0.331 e. The Morgan fingerprint density at radius 3 is 2.74 bits per heavy atom. The molecule has 0 saturated heterocycles. The molecule has 0 aliphatic heterocycles. The molecule has 5 heteroatoms. The van der Waals surface area contributed by atoms with Crippen LogP contribution in [0.2, 0.25) is 5.02 Å². The topological polar surface area (TPSA) is 20.7 Å². The Morgan fingerprint density at radius 1 is 1.32 bits per heavy atom. The van der Waals surface area contributed by atoms with E-state index in [9.17, 15) is 0 Å². The summed E-state index contributed by atoms with van der Waals surface area (Å²) in [5, 5.41) is 1.58. The number of rotatable bonds is 2. The second kappa shape index (κ2) is 5.51. The Bertz CT molecular complexity index is 638. The second-order valence-corrected chi connectivity index (χ2v) is 7.09. The molecule has 1 saturated carbocycles. The Labute approximate surface area is 127 Å². The number of halogens is 1. The number of imidazole rings is 1. The van der Waals surface area contributed by atoms with Gasteiger partial charge in [0.05, 0.1) is 11.0 Å². The van der Waals surface area contributed by atoms with E-state index in [0.717, 1.165) is 20.6 Å². The van der Waals surface area contributed by atoms with Crippen molar-refractivity contribution in [1.82, 2.24) is 9.55 Å². The summed E-state index contributed by atoms with van der Waals surface area (Å²) in [5.74, 6) is 0. The van der Waals surface area contributed by atoms with Gasteiger partial charge in [-0.2, -0.15) is 11.8 Å². The minimum atomic E-state index is 0.533. The van der Waals surface area contributed by atoms with Crippen molar-refractivity contribution in [2.45, 2.75) is 37.0 Å². The molecule has 0 unspecified atom stereocenters. The fourth-order valence-electron chi connectivity index (χ4n) is 3.00. The lowest BCUT2D eigenvalue weighted by molar-refractivity contribution is 0.364. The summed E-state index contributed by atoms with van der Waals surface area (Å²) in [4.78, 5) is 3.28. The quantitative estimate of drug-likeness (QED) is 0.769. The highest BCUT2D eigenvalue weighted by Crippen LogP contribution is 2.35. The van der Waals surface area contributed by atoms with Gasteiger partial charge in [0.1, 0.15) is 0 Å². The fraction of sp³-hybridized carbons (Fsp3) is 0.500. The van der Waals surface area contributed by atoms with E-state index in [2.05, 4.69) is 21.9 Å². The number of aromatic amines is 1.